The van der Waals surface area contributed by atoms with Gasteiger partial charge in [-0.05, 0) is 36.4 Å². The van der Waals surface area contributed by atoms with Crippen molar-refractivity contribution in [3.8, 4) is 27.6 Å². The fourth-order valence-corrected chi connectivity index (χ4v) is 4.85. The van der Waals surface area contributed by atoms with Gasteiger partial charge in [0.05, 0.1) is 10.6 Å². The summed E-state index contributed by atoms with van der Waals surface area (Å²) in [6.07, 6.45) is 2.14. The Kier molecular flexibility index (Phi) is 5.40. The van der Waals surface area contributed by atoms with Crippen LogP contribution < -0.4 is 10.5 Å². The van der Waals surface area contributed by atoms with E-state index in [-0.39, 0.29) is 18.3 Å². The van der Waals surface area contributed by atoms with Gasteiger partial charge in [-0.1, -0.05) is 12.1 Å². The van der Waals surface area contributed by atoms with Gasteiger partial charge in [0.1, 0.15) is 16.6 Å². The van der Waals surface area contributed by atoms with Crippen LogP contribution in [0.5, 0.6) is 5.75 Å². The number of rotatable bonds is 6. The second-order valence-corrected chi connectivity index (χ2v) is 8.29. The van der Waals surface area contributed by atoms with Crippen LogP contribution in [0.2, 0.25) is 0 Å². The lowest BCUT2D eigenvalue weighted by Gasteiger charge is -2.15. The Morgan fingerprint density at radius 1 is 1.25 bits per heavy atom. The molecular formula is C20H20N4O2S2. The molecular weight excluding hydrogens is 392 g/mol. The van der Waals surface area contributed by atoms with Crippen LogP contribution in [-0.4, -0.2) is 41.3 Å². The maximum absolute atomic E-state index is 12.2. The summed E-state index contributed by atoms with van der Waals surface area (Å²) < 4.78 is 5.71. The van der Waals surface area contributed by atoms with Crippen molar-refractivity contribution in [3.63, 3.8) is 0 Å². The molecule has 144 valence electrons. The summed E-state index contributed by atoms with van der Waals surface area (Å²) in [6, 6.07) is 9.55. The summed E-state index contributed by atoms with van der Waals surface area (Å²) >= 11 is 2.96. The van der Waals surface area contributed by atoms with Crippen LogP contribution in [0, 0.1) is 5.41 Å². The number of amides is 1. The average Bonchev–Trinajstić information content (AvgIpc) is 3.46. The molecule has 1 aromatic carbocycles. The third-order valence-electron chi connectivity index (χ3n) is 4.60. The summed E-state index contributed by atoms with van der Waals surface area (Å²) in [5, 5.41) is 12.4. The lowest BCUT2D eigenvalue weighted by molar-refractivity contribution is -0.132. The number of carbonyl (C=O) groups is 1. The van der Waals surface area contributed by atoms with Gasteiger partial charge in [0.2, 0.25) is 0 Å². The molecule has 0 saturated carbocycles. The quantitative estimate of drug-likeness (QED) is 0.475. The van der Waals surface area contributed by atoms with Crippen LogP contribution in [0.3, 0.4) is 0 Å². The van der Waals surface area contributed by atoms with E-state index in [1.54, 1.807) is 0 Å². The monoisotopic (exact) mass is 412 g/mol. The fraction of sp³-hybridized carbons (Fsp3) is 0.250. The van der Waals surface area contributed by atoms with Gasteiger partial charge in [0.15, 0.2) is 6.61 Å². The lowest BCUT2D eigenvalue weighted by Crippen LogP contribution is -2.32. The predicted molar refractivity (Wildman–Crippen MR) is 113 cm³/mol. The third-order valence-corrected chi connectivity index (χ3v) is 6.42. The topological polar surface area (TPSA) is 92.3 Å². The minimum atomic E-state index is 0.0352. The van der Waals surface area contributed by atoms with Gasteiger partial charge in [0.25, 0.3) is 5.91 Å². The maximum atomic E-state index is 12.2. The number of hydrogen-bond donors (Lipinski definition) is 2. The van der Waals surface area contributed by atoms with E-state index in [4.69, 9.17) is 20.9 Å². The molecule has 3 heterocycles. The van der Waals surface area contributed by atoms with Crippen molar-refractivity contribution in [3.05, 3.63) is 46.0 Å². The van der Waals surface area contributed by atoms with Crippen LogP contribution in [0.15, 0.2) is 41.1 Å². The van der Waals surface area contributed by atoms with Gasteiger partial charge in [-0.25, -0.2) is 4.98 Å². The molecule has 0 atom stereocenters. The molecule has 0 spiro atoms. The third kappa shape index (κ3) is 3.93. The summed E-state index contributed by atoms with van der Waals surface area (Å²) in [5.41, 5.74) is 8.30. The Labute approximate surface area is 171 Å². The number of nitrogen functional groups attached to an aromatic ring is 1. The molecule has 4 rings (SSSR count). The normalized spacial score (nSPS) is 13.6. The minimum Gasteiger partial charge on any atom is -0.484 e. The highest BCUT2D eigenvalue weighted by molar-refractivity contribution is 7.15. The van der Waals surface area contributed by atoms with Gasteiger partial charge in [-0.3, -0.25) is 10.2 Å². The fourth-order valence-electron chi connectivity index (χ4n) is 3.16. The first-order chi connectivity index (χ1) is 13.6. The molecule has 8 heteroatoms. The van der Waals surface area contributed by atoms with E-state index >= 15 is 0 Å². The highest BCUT2D eigenvalue weighted by Crippen LogP contribution is 2.34. The van der Waals surface area contributed by atoms with Gasteiger partial charge in [0, 0.05) is 29.6 Å². The van der Waals surface area contributed by atoms with E-state index in [1.807, 2.05) is 46.0 Å². The number of nitrogens with two attached hydrogens (primary N) is 1. The van der Waals surface area contributed by atoms with Gasteiger partial charge < -0.3 is 15.4 Å². The van der Waals surface area contributed by atoms with Crippen LogP contribution >= 0.6 is 22.7 Å². The number of carbonyl (C=O) groups excluding carboxylic acids is 1. The lowest BCUT2D eigenvalue weighted by atomic mass is 10.1. The average molecular weight is 413 g/mol. The first-order valence-corrected chi connectivity index (χ1v) is 10.8. The van der Waals surface area contributed by atoms with Crippen LogP contribution in [0.25, 0.3) is 21.8 Å². The van der Waals surface area contributed by atoms with Crippen molar-refractivity contribution in [2.45, 2.75) is 12.8 Å². The highest BCUT2D eigenvalue weighted by atomic mass is 32.1. The van der Waals surface area contributed by atoms with Crippen LogP contribution in [0.1, 0.15) is 17.7 Å². The second kappa shape index (κ2) is 8.12. The van der Waals surface area contributed by atoms with E-state index < -0.39 is 0 Å². The summed E-state index contributed by atoms with van der Waals surface area (Å²) in [6.45, 7) is 1.71. The molecule has 1 fully saturated rings. The Morgan fingerprint density at radius 2 is 2.07 bits per heavy atom. The summed E-state index contributed by atoms with van der Waals surface area (Å²) in [7, 11) is 0. The van der Waals surface area contributed by atoms with Crippen LogP contribution in [0.4, 0.5) is 0 Å². The number of nitrogens with one attached hydrogen (secondary N) is 1. The zero-order valence-corrected chi connectivity index (χ0v) is 16.8. The number of ether oxygens (including phenoxy) is 1. The molecule has 28 heavy (non-hydrogen) atoms. The Morgan fingerprint density at radius 3 is 2.86 bits per heavy atom. The largest absolute Gasteiger partial charge is 0.484 e. The number of likely N-dealkylation sites (tertiary alicyclic amines) is 1. The zero-order valence-electron chi connectivity index (χ0n) is 15.2. The molecule has 1 aliphatic rings. The molecule has 1 aliphatic heterocycles. The number of benzene rings is 1. The van der Waals surface area contributed by atoms with E-state index in [0.29, 0.717) is 5.75 Å². The summed E-state index contributed by atoms with van der Waals surface area (Å²) in [4.78, 5) is 19.5. The predicted octanol–water partition coefficient (Wildman–Crippen LogP) is 3.82. The molecule has 0 unspecified atom stereocenters. The molecule has 1 saturated heterocycles. The standard InChI is InChI=1S/C20H20N4O2S2/c21-19(22)18-15(6-9-27-18)20-23-16(12-28-20)13-4-3-5-14(10-13)26-11-17(25)24-7-1-2-8-24/h3-6,9-10,12H,1-2,7-8,11H2,(H3,21,22). The first kappa shape index (κ1) is 18.6. The molecule has 6 nitrogen and oxygen atoms in total. The number of aromatic nitrogens is 1. The van der Waals surface area contributed by atoms with E-state index in [0.717, 1.165) is 52.6 Å². The number of thiophene rings is 1. The Hall–Kier alpha value is -2.71. The van der Waals surface area contributed by atoms with Gasteiger partial charge in [-0.2, -0.15) is 0 Å². The van der Waals surface area contributed by atoms with Crippen molar-refractivity contribution in [1.82, 2.24) is 9.88 Å². The van der Waals surface area contributed by atoms with Crippen molar-refractivity contribution in [2.75, 3.05) is 19.7 Å². The number of nitrogens with zero attached hydrogens (tertiary/aromatic N) is 2. The van der Waals surface area contributed by atoms with Crippen molar-refractivity contribution < 1.29 is 9.53 Å². The van der Waals surface area contributed by atoms with E-state index in [9.17, 15) is 4.79 Å². The Bertz CT molecular complexity index is 1010. The smallest absolute Gasteiger partial charge is 0.260 e. The first-order valence-electron chi connectivity index (χ1n) is 9.00. The van der Waals surface area contributed by atoms with Gasteiger partial charge >= 0.3 is 0 Å². The van der Waals surface area contributed by atoms with Crippen molar-refractivity contribution in [2.24, 2.45) is 5.73 Å². The molecule has 3 aromatic rings. The van der Waals surface area contributed by atoms with Crippen molar-refractivity contribution >= 4 is 34.4 Å². The number of thiazole rings is 1. The molecule has 3 N–H and O–H groups in total. The molecule has 0 bridgehead atoms. The van der Waals surface area contributed by atoms with E-state index in [2.05, 4.69) is 0 Å². The molecule has 1 amide bonds. The summed E-state index contributed by atoms with van der Waals surface area (Å²) in [5.74, 6) is 0.743. The van der Waals surface area contributed by atoms with Crippen LogP contribution in [-0.2, 0) is 4.79 Å². The SMILES string of the molecule is N=C(N)c1sccc1-c1nc(-c2cccc(OCC(=O)N3CCCC3)c2)cs1. The van der Waals surface area contributed by atoms with Crippen molar-refractivity contribution in [1.29, 1.82) is 5.41 Å². The molecule has 0 aliphatic carbocycles. The highest BCUT2D eigenvalue weighted by Gasteiger charge is 2.18. The Balaban J connectivity index is 1.49. The van der Waals surface area contributed by atoms with E-state index in [1.165, 1.54) is 22.7 Å². The number of hydrogen-bond acceptors (Lipinski definition) is 6. The maximum Gasteiger partial charge on any atom is 0.260 e. The van der Waals surface area contributed by atoms with Gasteiger partial charge in [-0.15, -0.1) is 22.7 Å². The molecule has 0 radical (unpaired) electrons. The second-order valence-electron chi connectivity index (χ2n) is 6.52. The number of amidine groups is 1. The zero-order chi connectivity index (χ0) is 19.5. The minimum absolute atomic E-state index is 0.0352. The molecule has 2 aromatic heterocycles.